The summed E-state index contributed by atoms with van der Waals surface area (Å²) in [6, 6.07) is 0.220. The van der Waals surface area contributed by atoms with Gasteiger partial charge in [0.1, 0.15) is 0 Å². The summed E-state index contributed by atoms with van der Waals surface area (Å²) in [6.07, 6.45) is 7.51. The summed E-state index contributed by atoms with van der Waals surface area (Å²) in [5.41, 5.74) is 0.0452. The zero-order valence-corrected chi connectivity index (χ0v) is 9.45. The van der Waals surface area contributed by atoms with E-state index in [1.807, 2.05) is 38.4 Å². The van der Waals surface area contributed by atoms with Gasteiger partial charge in [0.25, 0.3) is 0 Å². The van der Waals surface area contributed by atoms with E-state index in [0.29, 0.717) is 12.3 Å². The van der Waals surface area contributed by atoms with Crippen molar-refractivity contribution in [2.45, 2.75) is 26.4 Å². The molecule has 0 amide bonds. The first kappa shape index (κ1) is 11.2. The third-order valence-electron chi connectivity index (χ3n) is 2.00. The zero-order chi connectivity index (χ0) is 10.6. The summed E-state index contributed by atoms with van der Waals surface area (Å²) in [5.74, 6) is 0.708. The highest BCUT2D eigenvalue weighted by Gasteiger charge is 2.03. The highest BCUT2D eigenvalue weighted by Crippen LogP contribution is 1.98. The number of imidazole rings is 1. The quantitative estimate of drug-likeness (QED) is 0.597. The van der Waals surface area contributed by atoms with E-state index in [0.717, 1.165) is 0 Å². The maximum atomic E-state index is 11.7. The van der Waals surface area contributed by atoms with E-state index in [2.05, 4.69) is 12.6 Å². The normalized spacial score (nSPS) is 11.7. The second-order valence-electron chi connectivity index (χ2n) is 3.39. The minimum atomic E-state index is 0.0452. The Morgan fingerprint density at radius 2 is 2.14 bits per heavy atom. The van der Waals surface area contributed by atoms with Crippen LogP contribution >= 0.6 is 12.6 Å². The SMILES string of the molecule is CC(C)n1ccn(C/C=C/CS)c1=O. The van der Waals surface area contributed by atoms with Gasteiger partial charge in [-0.15, -0.1) is 0 Å². The molecule has 14 heavy (non-hydrogen) atoms. The lowest BCUT2D eigenvalue weighted by Crippen LogP contribution is -2.24. The predicted octanol–water partition coefficient (Wildman–Crippen LogP) is 1.72. The maximum absolute atomic E-state index is 11.7. The number of allylic oxidation sites excluding steroid dienone is 1. The van der Waals surface area contributed by atoms with Crippen molar-refractivity contribution >= 4 is 12.6 Å². The van der Waals surface area contributed by atoms with Crippen molar-refractivity contribution in [3.8, 4) is 0 Å². The molecule has 1 heterocycles. The first-order valence-electron chi connectivity index (χ1n) is 4.70. The van der Waals surface area contributed by atoms with Crippen molar-refractivity contribution in [2.75, 3.05) is 5.75 Å². The molecule has 78 valence electrons. The Morgan fingerprint density at radius 1 is 1.43 bits per heavy atom. The fraction of sp³-hybridized carbons (Fsp3) is 0.500. The summed E-state index contributed by atoms with van der Waals surface area (Å²) in [4.78, 5) is 11.7. The van der Waals surface area contributed by atoms with Crippen LogP contribution < -0.4 is 5.69 Å². The second-order valence-corrected chi connectivity index (χ2v) is 3.75. The Kier molecular flexibility index (Phi) is 4.07. The molecule has 0 aliphatic carbocycles. The lowest BCUT2D eigenvalue weighted by atomic mass is 10.4. The van der Waals surface area contributed by atoms with Crippen LogP contribution in [0.25, 0.3) is 0 Å². The summed E-state index contributed by atoms with van der Waals surface area (Å²) >= 11 is 4.05. The minimum Gasteiger partial charge on any atom is -0.297 e. The fourth-order valence-electron chi connectivity index (χ4n) is 1.22. The third-order valence-corrected chi connectivity index (χ3v) is 2.22. The number of rotatable bonds is 4. The average molecular weight is 212 g/mol. The van der Waals surface area contributed by atoms with Crippen LogP contribution in [0.3, 0.4) is 0 Å². The number of thiol groups is 1. The standard InChI is InChI=1S/C10H16N2OS/c1-9(2)12-7-6-11(10(12)13)5-3-4-8-14/h3-4,6-7,9,14H,5,8H2,1-2H3/b4-3+. The molecule has 0 N–H and O–H groups in total. The van der Waals surface area contributed by atoms with Crippen LogP contribution in [0.15, 0.2) is 29.3 Å². The molecule has 0 bridgehead atoms. The number of hydrogen-bond donors (Lipinski definition) is 1. The Balaban J connectivity index is 2.80. The average Bonchev–Trinajstić information content (AvgIpc) is 2.48. The van der Waals surface area contributed by atoms with Crippen LogP contribution in [-0.2, 0) is 6.54 Å². The molecular formula is C10H16N2OS. The van der Waals surface area contributed by atoms with Crippen LogP contribution in [-0.4, -0.2) is 14.9 Å². The molecule has 1 aromatic rings. The smallest absolute Gasteiger partial charge is 0.297 e. The van der Waals surface area contributed by atoms with Gasteiger partial charge in [0.15, 0.2) is 0 Å². The van der Waals surface area contributed by atoms with Crippen molar-refractivity contribution in [2.24, 2.45) is 0 Å². The maximum Gasteiger partial charge on any atom is 0.328 e. The molecular weight excluding hydrogens is 196 g/mol. The van der Waals surface area contributed by atoms with Gasteiger partial charge in [0.2, 0.25) is 0 Å². The lowest BCUT2D eigenvalue weighted by Gasteiger charge is -2.03. The van der Waals surface area contributed by atoms with Gasteiger partial charge in [0.05, 0.1) is 0 Å². The van der Waals surface area contributed by atoms with Crippen LogP contribution in [0.4, 0.5) is 0 Å². The highest BCUT2D eigenvalue weighted by molar-refractivity contribution is 7.80. The molecule has 0 aliphatic heterocycles. The molecule has 0 fully saturated rings. The Hall–Kier alpha value is -0.900. The number of nitrogens with zero attached hydrogens (tertiary/aromatic N) is 2. The first-order valence-corrected chi connectivity index (χ1v) is 5.33. The molecule has 0 spiro atoms. The fourth-order valence-corrected chi connectivity index (χ4v) is 1.37. The Labute approximate surface area is 89.5 Å². The molecule has 0 aliphatic rings. The van der Waals surface area contributed by atoms with Crippen LogP contribution in [0.2, 0.25) is 0 Å². The van der Waals surface area contributed by atoms with E-state index >= 15 is 0 Å². The second kappa shape index (κ2) is 5.10. The molecule has 0 atom stereocenters. The zero-order valence-electron chi connectivity index (χ0n) is 8.55. The largest absolute Gasteiger partial charge is 0.328 e. The monoisotopic (exact) mass is 212 g/mol. The van der Waals surface area contributed by atoms with Gasteiger partial charge in [-0.3, -0.25) is 9.13 Å². The highest BCUT2D eigenvalue weighted by atomic mass is 32.1. The van der Waals surface area contributed by atoms with Crippen molar-refractivity contribution < 1.29 is 0 Å². The molecule has 0 radical (unpaired) electrons. The molecule has 4 heteroatoms. The third kappa shape index (κ3) is 2.54. The molecule has 0 saturated carbocycles. The number of hydrogen-bond acceptors (Lipinski definition) is 2. The van der Waals surface area contributed by atoms with Crippen molar-refractivity contribution in [3.63, 3.8) is 0 Å². The van der Waals surface area contributed by atoms with E-state index in [-0.39, 0.29) is 11.7 Å². The Bertz CT molecular complexity index is 362. The summed E-state index contributed by atoms with van der Waals surface area (Å²) in [6.45, 7) is 4.61. The van der Waals surface area contributed by atoms with Crippen LogP contribution in [0.5, 0.6) is 0 Å². The van der Waals surface area contributed by atoms with Gasteiger partial charge < -0.3 is 0 Å². The van der Waals surface area contributed by atoms with Crippen molar-refractivity contribution in [1.82, 2.24) is 9.13 Å². The van der Waals surface area contributed by atoms with E-state index in [1.165, 1.54) is 0 Å². The lowest BCUT2D eigenvalue weighted by molar-refractivity contribution is 0.562. The van der Waals surface area contributed by atoms with Gasteiger partial charge in [-0.2, -0.15) is 12.6 Å². The first-order chi connectivity index (χ1) is 6.66. The molecule has 0 unspecified atom stereocenters. The minimum absolute atomic E-state index is 0.0452. The van der Waals surface area contributed by atoms with E-state index in [9.17, 15) is 4.79 Å². The Morgan fingerprint density at radius 3 is 2.64 bits per heavy atom. The van der Waals surface area contributed by atoms with Crippen molar-refractivity contribution in [1.29, 1.82) is 0 Å². The van der Waals surface area contributed by atoms with Gasteiger partial charge in [0, 0.05) is 30.7 Å². The van der Waals surface area contributed by atoms with Crippen LogP contribution in [0, 0.1) is 0 Å². The van der Waals surface area contributed by atoms with Crippen LogP contribution in [0.1, 0.15) is 19.9 Å². The van der Waals surface area contributed by atoms with Gasteiger partial charge >= 0.3 is 5.69 Å². The summed E-state index contributed by atoms with van der Waals surface area (Å²) < 4.78 is 3.40. The summed E-state index contributed by atoms with van der Waals surface area (Å²) in [5, 5.41) is 0. The molecule has 3 nitrogen and oxygen atoms in total. The molecule has 1 rings (SSSR count). The van der Waals surface area contributed by atoms with Crippen molar-refractivity contribution in [3.05, 3.63) is 35.0 Å². The molecule has 1 aromatic heterocycles. The van der Waals surface area contributed by atoms with E-state index < -0.39 is 0 Å². The van der Waals surface area contributed by atoms with Gasteiger partial charge in [-0.1, -0.05) is 12.2 Å². The molecule has 0 aromatic carbocycles. The van der Waals surface area contributed by atoms with Gasteiger partial charge in [-0.05, 0) is 13.8 Å². The molecule has 0 saturated heterocycles. The number of aromatic nitrogens is 2. The summed E-state index contributed by atoms with van der Waals surface area (Å²) in [7, 11) is 0. The topological polar surface area (TPSA) is 26.9 Å². The van der Waals surface area contributed by atoms with Gasteiger partial charge in [-0.25, -0.2) is 4.79 Å². The van der Waals surface area contributed by atoms with E-state index in [1.54, 1.807) is 9.13 Å². The van der Waals surface area contributed by atoms with E-state index in [4.69, 9.17) is 0 Å². The predicted molar refractivity (Wildman–Crippen MR) is 62.1 cm³/mol.